The van der Waals surface area contributed by atoms with Crippen molar-refractivity contribution in [1.82, 2.24) is 0 Å². The second-order valence-electron chi connectivity index (χ2n) is 1.88. The molecule has 0 aliphatic carbocycles. The van der Waals surface area contributed by atoms with Crippen LogP contribution in [0.4, 0.5) is 5.69 Å². The van der Waals surface area contributed by atoms with E-state index < -0.39 is 0 Å². The Kier molecular flexibility index (Phi) is 5.35. The highest BCUT2D eigenvalue weighted by Crippen LogP contribution is 1.99. The minimum Gasteiger partial charge on any atom is -0.388 e. The summed E-state index contributed by atoms with van der Waals surface area (Å²) < 4.78 is 0. The Hall–Kier alpha value is -0.915. The maximum Gasteiger partial charge on any atom is 0.113 e. The highest BCUT2D eigenvalue weighted by Gasteiger charge is 1.84. The lowest BCUT2D eigenvalue weighted by Gasteiger charge is -1.98. The number of rotatable bonds is 1. The van der Waals surface area contributed by atoms with Crippen LogP contribution in [-0.4, -0.2) is 14.9 Å². The lowest BCUT2D eigenvalue weighted by molar-refractivity contribution is 1.50. The molecule has 0 heterocycles. The van der Waals surface area contributed by atoms with Gasteiger partial charge in [0.05, 0.1) is 0 Å². The van der Waals surface area contributed by atoms with Crippen molar-refractivity contribution in [3.8, 4) is 0 Å². The summed E-state index contributed by atoms with van der Waals surface area (Å²) >= 11 is 0. The Labute approximate surface area is 70.2 Å². The molecule has 0 aromatic heterocycles. The number of hydrogen-bond acceptors (Lipinski definition) is 1. The van der Waals surface area contributed by atoms with Crippen LogP contribution in [0.25, 0.3) is 0 Å². The molecule has 0 saturated carbocycles. The van der Waals surface area contributed by atoms with E-state index in [4.69, 9.17) is 7.85 Å². The van der Waals surface area contributed by atoms with Crippen LogP contribution < -0.4 is 10.8 Å². The average molecular weight is 147 g/mol. The number of anilines is 1. The maximum atomic E-state index is 5.49. The van der Waals surface area contributed by atoms with E-state index in [1.54, 1.807) is 0 Å². The first-order valence-corrected chi connectivity index (χ1v) is 3.86. The topological polar surface area (TPSA) is 12.0 Å². The molecule has 0 fully saturated rings. The third kappa shape index (κ3) is 3.71. The van der Waals surface area contributed by atoms with Gasteiger partial charge in [0.15, 0.2) is 0 Å². The SMILES string of the molecule is CC.[B]c1cccc(NC)c1. The van der Waals surface area contributed by atoms with Crippen molar-refractivity contribution < 1.29 is 0 Å². The quantitative estimate of drug-likeness (QED) is 0.594. The Bertz CT molecular complexity index is 199. The predicted molar refractivity (Wildman–Crippen MR) is 52.7 cm³/mol. The lowest BCUT2D eigenvalue weighted by Crippen LogP contribution is -2.01. The summed E-state index contributed by atoms with van der Waals surface area (Å²) in [5.74, 6) is 0. The largest absolute Gasteiger partial charge is 0.388 e. The van der Waals surface area contributed by atoms with Gasteiger partial charge in [0, 0.05) is 12.7 Å². The van der Waals surface area contributed by atoms with Crippen molar-refractivity contribution in [3.05, 3.63) is 24.3 Å². The summed E-state index contributed by atoms with van der Waals surface area (Å²) in [6.07, 6.45) is 0. The van der Waals surface area contributed by atoms with Gasteiger partial charge in [-0.2, -0.15) is 0 Å². The van der Waals surface area contributed by atoms with Crippen LogP contribution in [0.3, 0.4) is 0 Å². The first-order chi connectivity index (χ1) is 5.33. The highest BCUT2D eigenvalue weighted by atomic mass is 14.8. The zero-order chi connectivity index (χ0) is 8.69. The molecule has 1 aromatic carbocycles. The van der Waals surface area contributed by atoms with Crippen LogP contribution in [0.1, 0.15) is 13.8 Å². The van der Waals surface area contributed by atoms with Gasteiger partial charge in [-0.05, 0) is 12.1 Å². The molecule has 0 aliphatic rings. The van der Waals surface area contributed by atoms with Crippen molar-refractivity contribution in [3.63, 3.8) is 0 Å². The van der Waals surface area contributed by atoms with Gasteiger partial charge in [0.25, 0.3) is 0 Å². The fraction of sp³-hybridized carbons (Fsp3) is 0.333. The van der Waals surface area contributed by atoms with E-state index in [1.165, 1.54) is 0 Å². The van der Waals surface area contributed by atoms with Crippen LogP contribution in [0.5, 0.6) is 0 Å². The molecule has 58 valence electrons. The second-order valence-corrected chi connectivity index (χ2v) is 1.88. The number of nitrogens with one attached hydrogen (secondary N) is 1. The van der Waals surface area contributed by atoms with Gasteiger partial charge in [-0.1, -0.05) is 31.4 Å². The molecule has 1 aromatic rings. The van der Waals surface area contributed by atoms with Crippen molar-refractivity contribution in [2.45, 2.75) is 13.8 Å². The second kappa shape index (κ2) is 5.84. The zero-order valence-corrected chi connectivity index (χ0v) is 7.39. The third-order valence-electron chi connectivity index (χ3n) is 1.18. The van der Waals surface area contributed by atoms with Gasteiger partial charge in [-0.25, -0.2) is 0 Å². The highest BCUT2D eigenvalue weighted by molar-refractivity contribution is 6.32. The first-order valence-electron chi connectivity index (χ1n) is 3.86. The molecule has 0 atom stereocenters. The third-order valence-corrected chi connectivity index (χ3v) is 1.18. The van der Waals surface area contributed by atoms with E-state index in [-0.39, 0.29) is 0 Å². The Morgan fingerprint density at radius 1 is 1.27 bits per heavy atom. The van der Waals surface area contributed by atoms with Gasteiger partial charge in [-0.3, -0.25) is 0 Å². The molecule has 0 unspecified atom stereocenters. The fourth-order valence-electron chi connectivity index (χ4n) is 0.694. The predicted octanol–water partition coefficient (Wildman–Crippen LogP) is 1.55. The van der Waals surface area contributed by atoms with E-state index in [2.05, 4.69) is 5.32 Å². The molecule has 0 saturated heterocycles. The van der Waals surface area contributed by atoms with Gasteiger partial charge in [-0.15, -0.1) is 0 Å². The molecule has 0 bridgehead atoms. The fourth-order valence-corrected chi connectivity index (χ4v) is 0.694. The lowest BCUT2D eigenvalue weighted by atomic mass is 9.96. The van der Waals surface area contributed by atoms with E-state index >= 15 is 0 Å². The summed E-state index contributed by atoms with van der Waals surface area (Å²) in [5.41, 5.74) is 1.84. The number of hydrogen-bond donors (Lipinski definition) is 1. The van der Waals surface area contributed by atoms with Crippen molar-refractivity contribution in [2.75, 3.05) is 12.4 Å². The molecule has 2 heteroatoms. The molecular weight excluding hydrogens is 133 g/mol. The van der Waals surface area contributed by atoms with Crippen LogP contribution in [0.15, 0.2) is 24.3 Å². The zero-order valence-electron chi connectivity index (χ0n) is 7.39. The minimum absolute atomic E-state index is 0.793. The summed E-state index contributed by atoms with van der Waals surface area (Å²) in [4.78, 5) is 0. The normalized spacial score (nSPS) is 7.91. The number of benzene rings is 1. The van der Waals surface area contributed by atoms with Crippen LogP contribution in [0, 0.1) is 0 Å². The van der Waals surface area contributed by atoms with Crippen molar-refractivity contribution in [2.24, 2.45) is 0 Å². The van der Waals surface area contributed by atoms with E-state index in [0.29, 0.717) is 0 Å². The van der Waals surface area contributed by atoms with Gasteiger partial charge >= 0.3 is 0 Å². The molecule has 0 amide bonds. The van der Waals surface area contributed by atoms with E-state index in [0.717, 1.165) is 11.2 Å². The Balaban J connectivity index is 0.000000461. The molecule has 0 spiro atoms. The summed E-state index contributed by atoms with van der Waals surface area (Å²) in [5, 5.41) is 2.99. The molecule has 1 N–H and O–H groups in total. The monoisotopic (exact) mass is 147 g/mol. The molecule has 2 radical (unpaired) electrons. The molecule has 0 aliphatic heterocycles. The van der Waals surface area contributed by atoms with Crippen molar-refractivity contribution in [1.29, 1.82) is 0 Å². The van der Waals surface area contributed by atoms with Gasteiger partial charge < -0.3 is 5.32 Å². The molecule has 11 heavy (non-hydrogen) atoms. The molecule has 1 rings (SSSR count). The summed E-state index contributed by atoms with van der Waals surface area (Å²) in [6.45, 7) is 4.00. The smallest absolute Gasteiger partial charge is 0.113 e. The van der Waals surface area contributed by atoms with Crippen LogP contribution in [0.2, 0.25) is 0 Å². The molecular formula is C9H14BN. The standard InChI is InChI=1S/C7H8BN.C2H6/c1-9-7-4-2-3-6(8)5-7;1-2/h2-5,9H,1H3;1-2H3. The van der Waals surface area contributed by atoms with Gasteiger partial charge in [0.2, 0.25) is 0 Å². The van der Waals surface area contributed by atoms with Gasteiger partial charge in [0.1, 0.15) is 7.85 Å². The van der Waals surface area contributed by atoms with Crippen molar-refractivity contribution >= 4 is 19.0 Å². The van der Waals surface area contributed by atoms with Crippen LogP contribution in [-0.2, 0) is 0 Å². The average Bonchev–Trinajstić information content (AvgIpc) is 2.08. The Morgan fingerprint density at radius 3 is 2.27 bits per heavy atom. The Morgan fingerprint density at radius 2 is 1.91 bits per heavy atom. The maximum absolute atomic E-state index is 5.49. The first kappa shape index (κ1) is 10.1. The molecule has 1 nitrogen and oxygen atoms in total. The summed E-state index contributed by atoms with van der Waals surface area (Å²) in [6, 6.07) is 7.64. The minimum atomic E-state index is 0.793. The van der Waals surface area contributed by atoms with Crippen LogP contribution >= 0.6 is 0 Å². The van der Waals surface area contributed by atoms with E-state index in [1.807, 2.05) is 45.2 Å². The summed E-state index contributed by atoms with van der Waals surface area (Å²) in [7, 11) is 7.36. The van der Waals surface area contributed by atoms with E-state index in [9.17, 15) is 0 Å².